The molecule has 4 nitrogen and oxygen atoms in total. The minimum absolute atomic E-state index is 0.123. The van der Waals surface area contributed by atoms with E-state index in [1.807, 2.05) is 0 Å². The fraction of sp³-hybridized carbons (Fsp3) is 0.462. The molecule has 1 rings (SSSR count). The predicted molar refractivity (Wildman–Crippen MR) is 65.9 cm³/mol. The molecule has 0 radical (unpaired) electrons. The van der Waals surface area contributed by atoms with Crippen molar-refractivity contribution in [3.8, 4) is 5.75 Å². The average molecular weight is 291 g/mol. The number of hydrogen-bond acceptors (Lipinski definition) is 3. The van der Waals surface area contributed by atoms with Crippen LogP contribution in [0.3, 0.4) is 0 Å². The van der Waals surface area contributed by atoms with E-state index >= 15 is 0 Å². The molecule has 7 heteroatoms. The van der Waals surface area contributed by atoms with E-state index in [-0.39, 0.29) is 13.1 Å². The highest BCUT2D eigenvalue weighted by Crippen LogP contribution is 2.26. The maximum Gasteiger partial charge on any atom is 0.257 e. The fourth-order valence-electron chi connectivity index (χ4n) is 1.71. The van der Waals surface area contributed by atoms with Crippen molar-refractivity contribution < 1.29 is 28.2 Å². The standard InChI is InChI=1S/C13H16F3NO3/c1-4-17(6-13(2,3)20)12(19)7-5-8(14)10(16)11(18)9(7)15/h5,18,20H,4,6H2,1-3H3. The number of amides is 1. The first-order valence-electron chi connectivity index (χ1n) is 5.96. The second-order valence-electron chi connectivity index (χ2n) is 5.01. The van der Waals surface area contributed by atoms with Crippen LogP contribution in [0.25, 0.3) is 0 Å². The summed E-state index contributed by atoms with van der Waals surface area (Å²) in [7, 11) is 0. The summed E-state index contributed by atoms with van der Waals surface area (Å²) in [6.07, 6.45) is 0. The van der Waals surface area contributed by atoms with Crippen molar-refractivity contribution in [2.75, 3.05) is 13.1 Å². The van der Waals surface area contributed by atoms with E-state index in [2.05, 4.69) is 0 Å². The fourth-order valence-corrected chi connectivity index (χ4v) is 1.71. The third-order valence-corrected chi connectivity index (χ3v) is 2.61. The van der Waals surface area contributed by atoms with E-state index in [0.29, 0.717) is 6.07 Å². The third kappa shape index (κ3) is 3.41. The Morgan fingerprint density at radius 2 is 1.85 bits per heavy atom. The van der Waals surface area contributed by atoms with Crippen LogP contribution in [0.5, 0.6) is 5.75 Å². The van der Waals surface area contributed by atoms with E-state index in [1.54, 1.807) is 6.92 Å². The van der Waals surface area contributed by atoms with Gasteiger partial charge in [-0.2, -0.15) is 4.39 Å². The summed E-state index contributed by atoms with van der Waals surface area (Å²) >= 11 is 0. The van der Waals surface area contributed by atoms with Gasteiger partial charge in [0, 0.05) is 13.1 Å². The number of carbonyl (C=O) groups is 1. The molecule has 20 heavy (non-hydrogen) atoms. The summed E-state index contributed by atoms with van der Waals surface area (Å²) in [5.41, 5.74) is -2.02. The first kappa shape index (κ1) is 16.3. The molecule has 0 atom stereocenters. The van der Waals surface area contributed by atoms with Crippen LogP contribution in [0.2, 0.25) is 0 Å². The molecule has 0 spiro atoms. The Morgan fingerprint density at radius 3 is 2.30 bits per heavy atom. The second kappa shape index (κ2) is 5.70. The molecule has 0 saturated carbocycles. The van der Waals surface area contributed by atoms with E-state index in [9.17, 15) is 23.1 Å². The van der Waals surface area contributed by atoms with Gasteiger partial charge in [-0.05, 0) is 26.8 Å². The van der Waals surface area contributed by atoms with E-state index in [0.717, 1.165) is 4.90 Å². The second-order valence-corrected chi connectivity index (χ2v) is 5.01. The number of nitrogens with zero attached hydrogens (tertiary/aromatic N) is 1. The maximum absolute atomic E-state index is 13.7. The zero-order chi connectivity index (χ0) is 15.7. The number of carbonyl (C=O) groups excluding carboxylic acids is 1. The van der Waals surface area contributed by atoms with Crippen LogP contribution in [-0.2, 0) is 0 Å². The molecule has 0 unspecified atom stereocenters. The number of likely N-dealkylation sites (N-methyl/N-ethyl adjacent to an activating group) is 1. The Labute approximate surface area is 114 Å². The van der Waals surface area contributed by atoms with Crippen molar-refractivity contribution in [2.45, 2.75) is 26.4 Å². The monoisotopic (exact) mass is 291 g/mol. The number of rotatable bonds is 4. The minimum atomic E-state index is -1.75. The lowest BCUT2D eigenvalue weighted by molar-refractivity contribution is 0.0311. The summed E-state index contributed by atoms with van der Waals surface area (Å²) < 4.78 is 39.8. The number of aliphatic hydroxyl groups is 1. The lowest BCUT2D eigenvalue weighted by Crippen LogP contribution is -2.42. The van der Waals surface area contributed by atoms with E-state index in [1.165, 1.54) is 13.8 Å². The van der Waals surface area contributed by atoms with Crippen LogP contribution in [-0.4, -0.2) is 39.7 Å². The van der Waals surface area contributed by atoms with E-state index in [4.69, 9.17) is 5.11 Å². The van der Waals surface area contributed by atoms with Crippen molar-refractivity contribution >= 4 is 5.91 Å². The normalized spacial score (nSPS) is 11.6. The van der Waals surface area contributed by atoms with Crippen LogP contribution in [0, 0.1) is 17.5 Å². The Kier molecular flexibility index (Phi) is 4.65. The highest BCUT2D eigenvalue weighted by Gasteiger charge is 2.28. The largest absolute Gasteiger partial charge is 0.503 e. The van der Waals surface area contributed by atoms with Gasteiger partial charge in [0.25, 0.3) is 5.91 Å². The summed E-state index contributed by atoms with van der Waals surface area (Å²) in [6.45, 7) is 4.48. The van der Waals surface area contributed by atoms with Crippen molar-refractivity contribution in [3.05, 3.63) is 29.1 Å². The topological polar surface area (TPSA) is 60.8 Å². The Hall–Kier alpha value is -1.76. The molecule has 0 saturated heterocycles. The lowest BCUT2D eigenvalue weighted by atomic mass is 10.1. The Bertz CT molecular complexity index is 527. The van der Waals surface area contributed by atoms with Gasteiger partial charge in [-0.25, -0.2) is 8.78 Å². The predicted octanol–water partition coefficient (Wildman–Crippen LogP) is 2.04. The zero-order valence-corrected chi connectivity index (χ0v) is 11.4. The van der Waals surface area contributed by atoms with Gasteiger partial charge >= 0.3 is 0 Å². The van der Waals surface area contributed by atoms with Gasteiger partial charge in [0.1, 0.15) is 0 Å². The minimum Gasteiger partial charge on any atom is -0.503 e. The molecule has 0 fully saturated rings. The Balaban J connectivity index is 3.20. The molecule has 0 heterocycles. The van der Waals surface area contributed by atoms with Gasteiger partial charge in [-0.15, -0.1) is 0 Å². The quantitative estimate of drug-likeness (QED) is 0.835. The van der Waals surface area contributed by atoms with Crippen LogP contribution >= 0.6 is 0 Å². The molecule has 0 aliphatic carbocycles. The van der Waals surface area contributed by atoms with Crippen LogP contribution in [0.1, 0.15) is 31.1 Å². The van der Waals surface area contributed by atoms with Gasteiger partial charge in [-0.3, -0.25) is 4.79 Å². The molecule has 0 aromatic heterocycles. The summed E-state index contributed by atoms with van der Waals surface area (Å²) in [6, 6.07) is 0.389. The molecule has 1 aromatic rings. The van der Waals surface area contributed by atoms with Crippen molar-refractivity contribution in [1.82, 2.24) is 4.90 Å². The van der Waals surface area contributed by atoms with Crippen molar-refractivity contribution in [2.24, 2.45) is 0 Å². The van der Waals surface area contributed by atoms with Gasteiger partial charge in [0.15, 0.2) is 17.4 Å². The molecule has 0 aliphatic heterocycles. The SMILES string of the molecule is CCN(CC(C)(C)O)C(=O)c1cc(F)c(F)c(O)c1F. The van der Waals surface area contributed by atoms with Gasteiger partial charge in [0.2, 0.25) is 5.82 Å². The number of benzene rings is 1. The highest BCUT2D eigenvalue weighted by molar-refractivity contribution is 5.95. The number of phenols is 1. The molecule has 2 N–H and O–H groups in total. The molecule has 0 aliphatic rings. The van der Waals surface area contributed by atoms with Crippen molar-refractivity contribution in [3.63, 3.8) is 0 Å². The molecular weight excluding hydrogens is 275 g/mol. The molecular formula is C13H16F3NO3. The molecule has 1 amide bonds. The van der Waals surface area contributed by atoms with Crippen LogP contribution in [0.4, 0.5) is 13.2 Å². The molecule has 112 valence electrons. The number of halogens is 3. The van der Waals surface area contributed by atoms with Gasteiger partial charge in [-0.1, -0.05) is 0 Å². The van der Waals surface area contributed by atoms with Gasteiger partial charge in [0.05, 0.1) is 11.2 Å². The first-order chi connectivity index (χ1) is 9.08. The summed E-state index contributed by atoms with van der Waals surface area (Å²) in [4.78, 5) is 13.1. The summed E-state index contributed by atoms with van der Waals surface area (Å²) in [5, 5.41) is 18.8. The van der Waals surface area contributed by atoms with Crippen molar-refractivity contribution in [1.29, 1.82) is 0 Å². The zero-order valence-electron chi connectivity index (χ0n) is 11.4. The molecule has 0 bridgehead atoms. The number of phenolic OH excluding ortho intramolecular Hbond substituents is 1. The summed E-state index contributed by atoms with van der Waals surface area (Å²) in [5.74, 6) is -7.27. The maximum atomic E-state index is 13.7. The smallest absolute Gasteiger partial charge is 0.257 e. The highest BCUT2D eigenvalue weighted by atomic mass is 19.2. The van der Waals surface area contributed by atoms with Crippen LogP contribution in [0.15, 0.2) is 6.07 Å². The average Bonchev–Trinajstić information content (AvgIpc) is 2.36. The lowest BCUT2D eigenvalue weighted by Gasteiger charge is -2.28. The van der Waals surface area contributed by atoms with Crippen LogP contribution < -0.4 is 0 Å². The number of hydrogen-bond donors (Lipinski definition) is 2. The third-order valence-electron chi connectivity index (χ3n) is 2.61. The van der Waals surface area contributed by atoms with E-state index < -0.39 is 40.3 Å². The van der Waals surface area contributed by atoms with Gasteiger partial charge < -0.3 is 15.1 Å². The Morgan fingerprint density at radius 1 is 1.30 bits per heavy atom. The number of aromatic hydroxyl groups is 1. The molecule has 1 aromatic carbocycles. The first-order valence-corrected chi connectivity index (χ1v) is 5.96.